The summed E-state index contributed by atoms with van der Waals surface area (Å²) in [4.78, 5) is 21.4. The summed E-state index contributed by atoms with van der Waals surface area (Å²) in [7, 11) is 0. The van der Waals surface area contributed by atoms with Crippen molar-refractivity contribution in [3.8, 4) is 0 Å². The van der Waals surface area contributed by atoms with Crippen LogP contribution in [0.4, 0.5) is 26.0 Å². The lowest BCUT2D eigenvalue weighted by atomic mass is 10.2. The van der Waals surface area contributed by atoms with Crippen molar-refractivity contribution in [2.75, 3.05) is 11.1 Å². The molecule has 2 rings (SSSR count). The molecule has 0 spiro atoms. The van der Waals surface area contributed by atoms with Crippen molar-refractivity contribution in [1.82, 2.24) is 10.3 Å². The summed E-state index contributed by atoms with van der Waals surface area (Å²) in [5.74, 6) is -4.47. The number of nitrogens with one attached hydrogen (secondary N) is 1. The van der Waals surface area contributed by atoms with Gasteiger partial charge >= 0.3 is 0 Å². The van der Waals surface area contributed by atoms with Crippen LogP contribution in [0.3, 0.4) is 0 Å². The molecule has 0 saturated carbocycles. The zero-order valence-electron chi connectivity index (χ0n) is 9.46. The van der Waals surface area contributed by atoms with Crippen LogP contribution in [0.5, 0.6) is 0 Å². The maximum atomic E-state index is 13.5. The Morgan fingerprint density at radius 1 is 1.40 bits per heavy atom. The monoisotopic (exact) mass is 285 g/mol. The van der Waals surface area contributed by atoms with Crippen molar-refractivity contribution in [3.63, 3.8) is 0 Å². The quantitative estimate of drug-likeness (QED) is 0.635. The lowest BCUT2D eigenvalue weighted by Crippen LogP contribution is -2.16. The molecule has 2 aromatic rings. The maximum Gasteiger partial charge on any atom is 0.296 e. The predicted octanol–water partition coefficient (Wildman–Crippen LogP) is 1.09. The van der Waals surface area contributed by atoms with Crippen molar-refractivity contribution in [2.24, 2.45) is 0 Å². The zero-order chi connectivity index (χ0) is 14.9. The highest BCUT2D eigenvalue weighted by Crippen LogP contribution is 2.29. The average molecular weight is 285 g/mol. The van der Waals surface area contributed by atoms with Gasteiger partial charge in [0.15, 0.2) is 17.3 Å². The Labute approximate surface area is 108 Å². The fourth-order valence-electron chi connectivity index (χ4n) is 1.34. The Morgan fingerprint density at radius 2 is 2.10 bits per heavy atom. The Kier molecular flexibility index (Phi) is 3.25. The number of nitrogen functional groups attached to an aromatic ring is 1. The Bertz CT molecular complexity index is 702. The lowest BCUT2D eigenvalue weighted by molar-refractivity contribution is -0.384. The standard InChI is InChI=1S/C9H5F2N5O4/c10-3-1-2-4(16(18)19)6(5(3)11)13-9(17)7-8(12)15-20-14-7/h1-2H,(H2,12,15)(H,13,17). The van der Waals surface area contributed by atoms with E-state index in [4.69, 9.17) is 5.73 Å². The van der Waals surface area contributed by atoms with E-state index in [1.807, 2.05) is 0 Å². The molecule has 0 atom stereocenters. The number of nitrogens with zero attached hydrogens (tertiary/aromatic N) is 3. The van der Waals surface area contributed by atoms with Gasteiger partial charge in [-0.15, -0.1) is 0 Å². The molecular weight excluding hydrogens is 280 g/mol. The molecule has 0 bridgehead atoms. The molecule has 0 unspecified atom stereocenters. The van der Waals surface area contributed by atoms with Gasteiger partial charge in [-0.05, 0) is 16.4 Å². The van der Waals surface area contributed by atoms with E-state index in [1.165, 1.54) is 0 Å². The van der Waals surface area contributed by atoms with E-state index in [9.17, 15) is 23.7 Å². The number of halogens is 2. The summed E-state index contributed by atoms with van der Waals surface area (Å²) in [6.45, 7) is 0. The van der Waals surface area contributed by atoms with Crippen molar-refractivity contribution < 1.29 is 23.1 Å². The largest absolute Gasteiger partial charge is 0.379 e. The van der Waals surface area contributed by atoms with E-state index >= 15 is 0 Å². The minimum Gasteiger partial charge on any atom is -0.379 e. The number of nitro benzene ring substituents is 1. The van der Waals surface area contributed by atoms with Crippen molar-refractivity contribution in [3.05, 3.63) is 39.6 Å². The van der Waals surface area contributed by atoms with E-state index in [0.717, 1.165) is 0 Å². The number of carbonyl (C=O) groups is 1. The molecule has 0 radical (unpaired) electrons. The SMILES string of the molecule is Nc1nonc1C(=O)Nc1c([N+](=O)[O-])ccc(F)c1F. The first-order valence-corrected chi connectivity index (χ1v) is 4.93. The molecule has 9 nitrogen and oxygen atoms in total. The van der Waals surface area contributed by atoms with Crippen LogP contribution in [-0.2, 0) is 0 Å². The van der Waals surface area contributed by atoms with E-state index in [0.29, 0.717) is 12.1 Å². The smallest absolute Gasteiger partial charge is 0.296 e. The van der Waals surface area contributed by atoms with Gasteiger partial charge in [0.25, 0.3) is 11.6 Å². The van der Waals surface area contributed by atoms with E-state index < -0.39 is 45.4 Å². The van der Waals surface area contributed by atoms with Crippen molar-refractivity contribution in [1.29, 1.82) is 0 Å². The number of hydrogen-bond acceptors (Lipinski definition) is 7. The third-order valence-electron chi connectivity index (χ3n) is 2.24. The van der Waals surface area contributed by atoms with Crippen molar-refractivity contribution in [2.45, 2.75) is 0 Å². The maximum absolute atomic E-state index is 13.5. The van der Waals surface area contributed by atoms with Gasteiger partial charge in [0.1, 0.15) is 0 Å². The third kappa shape index (κ3) is 2.23. The predicted molar refractivity (Wildman–Crippen MR) is 59.7 cm³/mol. The van der Waals surface area contributed by atoms with Crippen LogP contribution >= 0.6 is 0 Å². The number of anilines is 2. The molecule has 0 aliphatic carbocycles. The number of rotatable bonds is 3. The van der Waals surface area contributed by atoms with Gasteiger partial charge in [0.2, 0.25) is 11.5 Å². The van der Waals surface area contributed by atoms with E-state index in [-0.39, 0.29) is 0 Å². The van der Waals surface area contributed by atoms with Crippen LogP contribution in [0.25, 0.3) is 0 Å². The summed E-state index contributed by atoms with van der Waals surface area (Å²) < 4.78 is 30.8. The Balaban J connectivity index is 2.43. The molecule has 20 heavy (non-hydrogen) atoms. The second-order valence-electron chi connectivity index (χ2n) is 3.46. The molecule has 1 aromatic carbocycles. The fourth-order valence-corrected chi connectivity index (χ4v) is 1.34. The average Bonchev–Trinajstić information content (AvgIpc) is 2.81. The third-order valence-corrected chi connectivity index (χ3v) is 2.24. The summed E-state index contributed by atoms with van der Waals surface area (Å²) in [5, 5.41) is 18.8. The molecule has 1 heterocycles. The molecule has 0 fully saturated rings. The normalized spacial score (nSPS) is 10.3. The van der Waals surface area contributed by atoms with Crippen LogP contribution in [-0.4, -0.2) is 21.1 Å². The molecule has 11 heteroatoms. The summed E-state index contributed by atoms with van der Waals surface area (Å²) in [5.41, 5.74) is 2.95. The van der Waals surface area contributed by atoms with Crippen LogP contribution in [0, 0.1) is 21.7 Å². The first-order chi connectivity index (χ1) is 9.41. The van der Waals surface area contributed by atoms with Gasteiger partial charge in [-0.3, -0.25) is 14.9 Å². The number of amides is 1. The van der Waals surface area contributed by atoms with E-state index in [2.05, 4.69) is 14.9 Å². The second-order valence-corrected chi connectivity index (χ2v) is 3.46. The molecular formula is C9H5F2N5O4. The fraction of sp³-hybridized carbons (Fsp3) is 0. The summed E-state index contributed by atoms with van der Waals surface area (Å²) >= 11 is 0. The van der Waals surface area contributed by atoms with Gasteiger partial charge in [-0.2, -0.15) is 0 Å². The number of carbonyl (C=O) groups excluding carboxylic acids is 1. The first kappa shape index (κ1) is 13.3. The summed E-state index contributed by atoms with van der Waals surface area (Å²) in [6, 6.07) is 1.27. The minimum atomic E-state index is -1.58. The Hall–Kier alpha value is -3.11. The lowest BCUT2D eigenvalue weighted by Gasteiger charge is -2.06. The molecule has 3 N–H and O–H groups in total. The van der Waals surface area contributed by atoms with Crippen molar-refractivity contribution >= 4 is 23.1 Å². The van der Waals surface area contributed by atoms with Crippen LogP contribution in [0.2, 0.25) is 0 Å². The topological polar surface area (TPSA) is 137 Å². The van der Waals surface area contributed by atoms with Gasteiger partial charge in [-0.1, -0.05) is 0 Å². The van der Waals surface area contributed by atoms with Crippen LogP contribution in [0.15, 0.2) is 16.8 Å². The number of nitro groups is 1. The van der Waals surface area contributed by atoms with Crippen LogP contribution in [0.1, 0.15) is 10.5 Å². The number of nitrogens with two attached hydrogens (primary N) is 1. The molecule has 0 aliphatic rings. The number of aromatic nitrogens is 2. The highest BCUT2D eigenvalue weighted by atomic mass is 19.2. The number of benzene rings is 1. The molecule has 0 saturated heterocycles. The zero-order valence-corrected chi connectivity index (χ0v) is 9.46. The molecule has 1 amide bonds. The first-order valence-electron chi connectivity index (χ1n) is 4.93. The highest BCUT2D eigenvalue weighted by molar-refractivity contribution is 6.06. The van der Waals surface area contributed by atoms with Gasteiger partial charge in [0, 0.05) is 6.07 Å². The molecule has 1 aromatic heterocycles. The summed E-state index contributed by atoms with van der Waals surface area (Å²) in [6.07, 6.45) is 0. The van der Waals surface area contributed by atoms with E-state index in [1.54, 1.807) is 5.32 Å². The highest BCUT2D eigenvalue weighted by Gasteiger charge is 2.26. The molecule has 104 valence electrons. The van der Waals surface area contributed by atoms with Crippen LogP contribution < -0.4 is 11.1 Å². The second kappa shape index (κ2) is 4.87. The minimum absolute atomic E-state index is 0.401. The Morgan fingerprint density at radius 3 is 2.65 bits per heavy atom. The van der Waals surface area contributed by atoms with Gasteiger partial charge in [0.05, 0.1) is 4.92 Å². The van der Waals surface area contributed by atoms with Gasteiger partial charge < -0.3 is 11.1 Å². The van der Waals surface area contributed by atoms with Gasteiger partial charge in [-0.25, -0.2) is 13.4 Å². The molecule has 0 aliphatic heterocycles. The number of hydrogen-bond donors (Lipinski definition) is 2.